The first-order valence-electron chi connectivity index (χ1n) is 8.78. The first-order chi connectivity index (χ1) is 9.10. The van der Waals surface area contributed by atoms with Gasteiger partial charge in [0.15, 0.2) is 0 Å². The standard InChI is InChI=1S/C18H38O/c1-5-11-16(3)14-15-17(4)12-9-7-8-10-13-18(19)6-2/h16-19H,5-15H2,1-4H3/t16-,17+,18-/m1/s1. The number of unbranched alkanes of at least 4 members (excludes halogenated alkanes) is 3. The van der Waals surface area contributed by atoms with E-state index >= 15 is 0 Å². The van der Waals surface area contributed by atoms with Crippen LogP contribution >= 0.6 is 0 Å². The molecule has 0 bridgehead atoms. The molecule has 1 nitrogen and oxygen atoms in total. The summed E-state index contributed by atoms with van der Waals surface area (Å²) in [5.74, 6) is 1.82. The minimum absolute atomic E-state index is 0.0565. The first kappa shape index (κ1) is 19.0. The van der Waals surface area contributed by atoms with Gasteiger partial charge in [0, 0.05) is 0 Å². The number of hydrogen-bond acceptors (Lipinski definition) is 1. The van der Waals surface area contributed by atoms with Crippen LogP contribution in [0.2, 0.25) is 0 Å². The maximum atomic E-state index is 9.47. The Balaban J connectivity index is 3.31. The largest absolute Gasteiger partial charge is 0.393 e. The quantitative estimate of drug-likeness (QED) is 0.410. The highest BCUT2D eigenvalue weighted by Crippen LogP contribution is 2.21. The second-order valence-corrected chi connectivity index (χ2v) is 6.63. The molecule has 0 aliphatic heterocycles. The Kier molecular flexibility index (Phi) is 12.9. The molecule has 3 atom stereocenters. The smallest absolute Gasteiger partial charge is 0.0537 e. The predicted molar refractivity (Wildman–Crippen MR) is 86.5 cm³/mol. The highest BCUT2D eigenvalue weighted by atomic mass is 16.3. The summed E-state index contributed by atoms with van der Waals surface area (Å²) in [6.07, 6.45) is 14.0. The SMILES string of the molecule is CCC[C@@H](C)CC[C@@H](C)CCCCCC[C@H](O)CC. The molecule has 0 aliphatic rings. The van der Waals surface area contributed by atoms with Crippen LogP contribution in [0.3, 0.4) is 0 Å². The lowest BCUT2D eigenvalue weighted by Crippen LogP contribution is -2.03. The highest BCUT2D eigenvalue weighted by molar-refractivity contribution is 4.59. The summed E-state index contributed by atoms with van der Waals surface area (Å²) in [7, 11) is 0. The summed E-state index contributed by atoms with van der Waals surface area (Å²) in [4.78, 5) is 0. The number of aliphatic hydroxyl groups is 1. The molecule has 0 aliphatic carbocycles. The summed E-state index contributed by atoms with van der Waals surface area (Å²) >= 11 is 0. The lowest BCUT2D eigenvalue weighted by Gasteiger charge is -2.15. The highest BCUT2D eigenvalue weighted by Gasteiger charge is 2.06. The van der Waals surface area contributed by atoms with Gasteiger partial charge in [0.1, 0.15) is 0 Å². The van der Waals surface area contributed by atoms with Gasteiger partial charge in [-0.25, -0.2) is 0 Å². The second kappa shape index (κ2) is 13.0. The van der Waals surface area contributed by atoms with Crippen molar-refractivity contribution in [2.75, 3.05) is 0 Å². The van der Waals surface area contributed by atoms with Crippen molar-refractivity contribution in [3.8, 4) is 0 Å². The number of rotatable bonds is 13. The average molecular weight is 271 g/mol. The third-order valence-electron chi connectivity index (χ3n) is 4.39. The molecule has 0 aromatic heterocycles. The van der Waals surface area contributed by atoms with Gasteiger partial charge in [-0.15, -0.1) is 0 Å². The van der Waals surface area contributed by atoms with E-state index in [9.17, 15) is 5.11 Å². The Hall–Kier alpha value is -0.0400. The molecule has 0 aromatic carbocycles. The molecule has 0 heterocycles. The fraction of sp³-hybridized carbons (Fsp3) is 1.00. The summed E-state index contributed by atoms with van der Waals surface area (Å²) in [6, 6.07) is 0. The van der Waals surface area contributed by atoms with Gasteiger partial charge in [0.2, 0.25) is 0 Å². The van der Waals surface area contributed by atoms with Crippen molar-refractivity contribution in [1.82, 2.24) is 0 Å². The van der Waals surface area contributed by atoms with Crippen molar-refractivity contribution in [1.29, 1.82) is 0 Å². The van der Waals surface area contributed by atoms with Gasteiger partial charge in [-0.1, -0.05) is 85.5 Å². The van der Waals surface area contributed by atoms with E-state index in [1.165, 1.54) is 57.8 Å². The second-order valence-electron chi connectivity index (χ2n) is 6.63. The minimum Gasteiger partial charge on any atom is -0.393 e. The summed E-state index contributed by atoms with van der Waals surface area (Å²) in [6.45, 7) is 9.16. The van der Waals surface area contributed by atoms with Gasteiger partial charge in [0.05, 0.1) is 6.10 Å². The zero-order chi connectivity index (χ0) is 14.5. The lowest BCUT2D eigenvalue weighted by molar-refractivity contribution is 0.156. The number of aliphatic hydroxyl groups excluding tert-OH is 1. The van der Waals surface area contributed by atoms with Gasteiger partial charge < -0.3 is 5.11 Å². The third-order valence-corrected chi connectivity index (χ3v) is 4.39. The van der Waals surface area contributed by atoms with Gasteiger partial charge in [-0.3, -0.25) is 0 Å². The summed E-state index contributed by atoms with van der Waals surface area (Å²) < 4.78 is 0. The van der Waals surface area contributed by atoms with Crippen LogP contribution in [-0.4, -0.2) is 11.2 Å². The van der Waals surface area contributed by atoms with Crippen molar-refractivity contribution < 1.29 is 5.11 Å². The van der Waals surface area contributed by atoms with Crippen LogP contribution in [0.25, 0.3) is 0 Å². The van der Waals surface area contributed by atoms with Gasteiger partial charge >= 0.3 is 0 Å². The maximum Gasteiger partial charge on any atom is 0.0537 e. The van der Waals surface area contributed by atoms with Gasteiger partial charge in [-0.2, -0.15) is 0 Å². The topological polar surface area (TPSA) is 20.2 Å². The molecule has 1 heteroatoms. The van der Waals surface area contributed by atoms with Crippen LogP contribution in [-0.2, 0) is 0 Å². The van der Waals surface area contributed by atoms with Crippen LogP contribution in [0.4, 0.5) is 0 Å². The molecule has 19 heavy (non-hydrogen) atoms. The molecule has 0 fully saturated rings. The van der Waals surface area contributed by atoms with E-state index in [2.05, 4.69) is 27.7 Å². The van der Waals surface area contributed by atoms with Crippen molar-refractivity contribution in [3.05, 3.63) is 0 Å². The fourth-order valence-electron chi connectivity index (χ4n) is 2.78. The molecular formula is C18H38O. The van der Waals surface area contributed by atoms with Crippen LogP contribution in [0, 0.1) is 11.8 Å². The summed E-state index contributed by atoms with van der Waals surface area (Å²) in [5.41, 5.74) is 0. The molecule has 1 N–H and O–H groups in total. The van der Waals surface area contributed by atoms with E-state index in [-0.39, 0.29) is 6.10 Å². The van der Waals surface area contributed by atoms with Gasteiger partial charge in [-0.05, 0) is 24.7 Å². The molecule has 0 aromatic rings. The third kappa shape index (κ3) is 12.7. The fourth-order valence-corrected chi connectivity index (χ4v) is 2.78. The van der Waals surface area contributed by atoms with Crippen LogP contribution in [0.5, 0.6) is 0 Å². The monoisotopic (exact) mass is 270 g/mol. The van der Waals surface area contributed by atoms with E-state index in [1.807, 2.05) is 0 Å². The molecule has 0 unspecified atom stereocenters. The average Bonchev–Trinajstić information content (AvgIpc) is 2.40. The number of hydrogen-bond donors (Lipinski definition) is 1. The molecule has 0 amide bonds. The normalized spacial score (nSPS) is 16.3. The molecule has 0 spiro atoms. The van der Waals surface area contributed by atoms with E-state index in [0.717, 1.165) is 24.7 Å². The zero-order valence-electron chi connectivity index (χ0n) is 14.0. The Labute approximate surface area is 122 Å². The Morgan fingerprint density at radius 3 is 1.74 bits per heavy atom. The molecule has 0 rings (SSSR count). The van der Waals surface area contributed by atoms with E-state index in [1.54, 1.807) is 0 Å². The minimum atomic E-state index is -0.0565. The Bertz CT molecular complexity index is 179. The molecule has 0 radical (unpaired) electrons. The Morgan fingerprint density at radius 2 is 1.21 bits per heavy atom. The lowest BCUT2D eigenvalue weighted by atomic mass is 9.92. The Morgan fingerprint density at radius 1 is 0.684 bits per heavy atom. The van der Waals surface area contributed by atoms with E-state index in [4.69, 9.17) is 0 Å². The first-order valence-corrected chi connectivity index (χ1v) is 8.78. The van der Waals surface area contributed by atoms with Crippen molar-refractivity contribution in [3.63, 3.8) is 0 Å². The van der Waals surface area contributed by atoms with E-state index < -0.39 is 0 Å². The molecule has 0 saturated heterocycles. The van der Waals surface area contributed by atoms with Crippen LogP contribution in [0.1, 0.15) is 98.3 Å². The summed E-state index contributed by atoms with van der Waals surface area (Å²) in [5, 5.41) is 9.47. The molecule has 0 saturated carbocycles. The molecule has 116 valence electrons. The molecular weight excluding hydrogens is 232 g/mol. The van der Waals surface area contributed by atoms with Gasteiger partial charge in [0.25, 0.3) is 0 Å². The predicted octanol–water partition coefficient (Wildman–Crippen LogP) is 5.95. The van der Waals surface area contributed by atoms with Crippen molar-refractivity contribution in [2.45, 2.75) is 104 Å². The van der Waals surface area contributed by atoms with Crippen molar-refractivity contribution in [2.24, 2.45) is 11.8 Å². The maximum absolute atomic E-state index is 9.47. The van der Waals surface area contributed by atoms with Crippen molar-refractivity contribution >= 4 is 0 Å². The van der Waals surface area contributed by atoms with E-state index in [0.29, 0.717) is 0 Å². The van der Waals surface area contributed by atoms with Crippen LogP contribution < -0.4 is 0 Å². The van der Waals surface area contributed by atoms with Crippen LogP contribution in [0.15, 0.2) is 0 Å². The zero-order valence-corrected chi connectivity index (χ0v) is 14.0.